The number of amides is 1. The molecule has 0 radical (unpaired) electrons. The van der Waals surface area contributed by atoms with E-state index in [2.05, 4.69) is 15.4 Å². The molecule has 5 aromatic rings. The van der Waals surface area contributed by atoms with Crippen LogP contribution in [0.25, 0.3) is 22.2 Å². The number of aryl methyl sites for hydroxylation is 2. The molecule has 0 unspecified atom stereocenters. The van der Waals surface area contributed by atoms with Crippen LogP contribution in [-0.2, 0) is 0 Å². The summed E-state index contributed by atoms with van der Waals surface area (Å²) in [5.74, 6) is -0.214. The van der Waals surface area contributed by atoms with E-state index >= 15 is 0 Å². The highest BCUT2D eigenvalue weighted by Crippen LogP contribution is 2.29. The van der Waals surface area contributed by atoms with Gasteiger partial charge in [0.25, 0.3) is 5.91 Å². The number of nitrogens with zero attached hydrogens (tertiary/aromatic N) is 5. The molecule has 1 amide bonds. The predicted molar refractivity (Wildman–Crippen MR) is 131 cm³/mol. The fraction of sp³-hybridized carbons (Fsp3) is 0.0800. The minimum Gasteiger partial charge on any atom is -0.383 e. The molecule has 3 aromatic heterocycles. The SMILES string of the molecule is Cc1ccc(C)c(NC(=O)c2c(N)n(/N=C/c3cccnc3)c3nc4ccccc4nc23)c1. The van der Waals surface area contributed by atoms with Gasteiger partial charge in [0.15, 0.2) is 5.65 Å². The van der Waals surface area contributed by atoms with E-state index in [0.717, 1.165) is 16.7 Å². The number of carbonyl (C=O) groups excluding carboxylic acids is 1. The summed E-state index contributed by atoms with van der Waals surface area (Å²) >= 11 is 0. The van der Waals surface area contributed by atoms with E-state index in [-0.39, 0.29) is 17.3 Å². The minimum absolute atomic E-state index is 0.156. The number of carbonyl (C=O) groups is 1. The molecule has 33 heavy (non-hydrogen) atoms. The number of anilines is 2. The molecule has 0 saturated carbocycles. The summed E-state index contributed by atoms with van der Waals surface area (Å²) in [4.78, 5) is 26.9. The number of fused-ring (bicyclic) bond motifs is 2. The first-order chi connectivity index (χ1) is 16.0. The van der Waals surface area contributed by atoms with Gasteiger partial charge in [-0.25, -0.2) is 9.97 Å². The Bertz CT molecular complexity index is 1540. The van der Waals surface area contributed by atoms with Crippen LogP contribution in [-0.4, -0.2) is 31.7 Å². The molecular formula is C25H21N7O. The number of rotatable bonds is 4. The van der Waals surface area contributed by atoms with E-state index in [0.29, 0.717) is 27.9 Å². The normalized spacial score (nSPS) is 11.5. The van der Waals surface area contributed by atoms with Gasteiger partial charge in [0, 0.05) is 23.6 Å². The summed E-state index contributed by atoms with van der Waals surface area (Å²) in [7, 11) is 0. The summed E-state index contributed by atoms with van der Waals surface area (Å²) in [6, 6.07) is 17.0. The van der Waals surface area contributed by atoms with Crippen LogP contribution in [0.1, 0.15) is 27.0 Å². The van der Waals surface area contributed by atoms with Crippen molar-refractivity contribution in [3.8, 4) is 0 Å². The minimum atomic E-state index is -0.369. The summed E-state index contributed by atoms with van der Waals surface area (Å²) < 4.78 is 1.44. The van der Waals surface area contributed by atoms with Crippen LogP contribution in [0.4, 0.5) is 11.5 Å². The van der Waals surface area contributed by atoms with Crippen molar-refractivity contribution in [3.63, 3.8) is 0 Å². The molecule has 2 aromatic carbocycles. The predicted octanol–water partition coefficient (Wildman–Crippen LogP) is 4.31. The van der Waals surface area contributed by atoms with E-state index in [1.54, 1.807) is 18.6 Å². The van der Waals surface area contributed by atoms with E-state index in [1.165, 1.54) is 4.68 Å². The van der Waals surface area contributed by atoms with Gasteiger partial charge in [0.1, 0.15) is 16.9 Å². The molecule has 0 bridgehead atoms. The van der Waals surface area contributed by atoms with Gasteiger partial charge in [-0.05, 0) is 49.2 Å². The maximum Gasteiger partial charge on any atom is 0.261 e. The largest absolute Gasteiger partial charge is 0.383 e. The van der Waals surface area contributed by atoms with Crippen molar-refractivity contribution in [2.75, 3.05) is 11.1 Å². The van der Waals surface area contributed by atoms with Gasteiger partial charge in [0.2, 0.25) is 0 Å². The molecule has 5 rings (SSSR count). The Balaban J connectivity index is 1.68. The Morgan fingerprint density at radius 2 is 1.85 bits per heavy atom. The van der Waals surface area contributed by atoms with Gasteiger partial charge in [-0.15, -0.1) is 0 Å². The first-order valence-electron chi connectivity index (χ1n) is 10.4. The quantitative estimate of drug-likeness (QED) is 0.409. The highest BCUT2D eigenvalue weighted by molar-refractivity contribution is 6.16. The molecule has 8 nitrogen and oxygen atoms in total. The Morgan fingerprint density at radius 1 is 1.06 bits per heavy atom. The summed E-state index contributed by atoms with van der Waals surface area (Å²) in [6.45, 7) is 3.91. The van der Waals surface area contributed by atoms with Gasteiger partial charge in [-0.3, -0.25) is 9.78 Å². The van der Waals surface area contributed by atoms with E-state index in [1.807, 2.05) is 68.4 Å². The lowest BCUT2D eigenvalue weighted by Gasteiger charge is -2.09. The maximum absolute atomic E-state index is 13.4. The molecule has 162 valence electrons. The number of nitrogens with one attached hydrogen (secondary N) is 1. The third-order valence-corrected chi connectivity index (χ3v) is 5.35. The van der Waals surface area contributed by atoms with Crippen molar-refractivity contribution in [1.82, 2.24) is 19.6 Å². The van der Waals surface area contributed by atoms with E-state index in [4.69, 9.17) is 15.7 Å². The number of nitrogens with two attached hydrogens (primary N) is 1. The molecule has 8 heteroatoms. The second kappa shape index (κ2) is 8.16. The summed E-state index contributed by atoms with van der Waals surface area (Å²) in [5, 5.41) is 7.47. The van der Waals surface area contributed by atoms with E-state index < -0.39 is 0 Å². The topological polar surface area (TPSA) is 111 Å². The van der Waals surface area contributed by atoms with Crippen molar-refractivity contribution >= 4 is 45.8 Å². The standard InChI is InChI=1S/C25H21N7O/c1-15-9-10-16(2)20(12-15)31-25(33)21-22-24(30-19-8-4-3-7-18(19)29-22)32(23(21)26)28-14-17-6-5-11-27-13-17/h3-14H,26H2,1-2H3,(H,31,33)/b28-14+. The second-order valence-corrected chi connectivity index (χ2v) is 7.76. The lowest BCUT2D eigenvalue weighted by Crippen LogP contribution is -2.15. The fourth-order valence-electron chi connectivity index (χ4n) is 3.62. The van der Waals surface area contributed by atoms with Gasteiger partial charge in [-0.1, -0.05) is 30.3 Å². The number of pyridine rings is 1. The average Bonchev–Trinajstić information content (AvgIpc) is 3.09. The van der Waals surface area contributed by atoms with Crippen LogP contribution in [0.15, 0.2) is 72.1 Å². The van der Waals surface area contributed by atoms with Gasteiger partial charge in [-0.2, -0.15) is 9.78 Å². The van der Waals surface area contributed by atoms with Crippen LogP contribution in [0.3, 0.4) is 0 Å². The molecule has 0 spiro atoms. The number of nitrogen functional groups attached to an aromatic ring is 1. The van der Waals surface area contributed by atoms with Crippen molar-refractivity contribution < 1.29 is 4.79 Å². The summed E-state index contributed by atoms with van der Waals surface area (Å²) in [6.07, 6.45) is 4.98. The summed E-state index contributed by atoms with van der Waals surface area (Å²) in [5.41, 5.74) is 12.3. The highest BCUT2D eigenvalue weighted by atomic mass is 16.1. The lowest BCUT2D eigenvalue weighted by atomic mass is 10.1. The van der Waals surface area contributed by atoms with Crippen molar-refractivity contribution in [3.05, 3.63) is 89.2 Å². The number of aromatic nitrogens is 4. The van der Waals surface area contributed by atoms with Crippen LogP contribution < -0.4 is 11.1 Å². The Hall–Kier alpha value is -4.59. The third-order valence-electron chi connectivity index (χ3n) is 5.35. The number of para-hydroxylation sites is 2. The zero-order valence-electron chi connectivity index (χ0n) is 18.1. The zero-order chi connectivity index (χ0) is 22.9. The fourth-order valence-corrected chi connectivity index (χ4v) is 3.62. The highest BCUT2D eigenvalue weighted by Gasteiger charge is 2.24. The second-order valence-electron chi connectivity index (χ2n) is 7.76. The maximum atomic E-state index is 13.4. The smallest absolute Gasteiger partial charge is 0.261 e. The molecule has 0 fully saturated rings. The molecule has 0 aliphatic rings. The van der Waals surface area contributed by atoms with Crippen LogP contribution >= 0.6 is 0 Å². The molecular weight excluding hydrogens is 414 g/mol. The molecule has 0 aliphatic heterocycles. The molecule has 0 saturated heterocycles. The van der Waals surface area contributed by atoms with Crippen molar-refractivity contribution in [2.24, 2.45) is 5.10 Å². The first-order valence-corrected chi connectivity index (χ1v) is 10.4. The zero-order valence-corrected chi connectivity index (χ0v) is 18.1. The molecule has 3 heterocycles. The van der Waals surface area contributed by atoms with Crippen LogP contribution in [0.5, 0.6) is 0 Å². The van der Waals surface area contributed by atoms with Crippen molar-refractivity contribution in [1.29, 1.82) is 0 Å². The third kappa shape index (κ3) is 3.78. The van der Waals surface area contributed by atoms with Gasteiger partial charge in [0.05, 0.1) is 17.2 Å². The molecule has 3 N–H and O–H groups in total. The Labute approximate surface area is 189 Å². The van der Waals surface area contributed by atoms with Gasteiger partial charge < -0.3 is 11.1 Å². The van der Waals surface area contributed by atoms with Crippen LogP contribution in [0, 0.1) is 13.8 Å². The first kappa shape index (κ1) is 20.3. The number of hydrogen-bond donors (Lipinski definition) is 2. The van der Waals surface area contributed by atoms with Crippen molar-refractivity contribution in [2.45, 2.75) is 13.8 Å². The average molecular weight is 435 g/mol. The Morgan fingerprint density at radius 3 is 2.61 bits per heavy atom. The van der Waals surface area contributed by atoms with Gasteiger partial charge >= 0.3 is 0 Å². The number of hydrogen-bond acceptors (Lipinski definition) is 6. The lowest BCUT2D eigenvalue weighted by molar-refractivity contribution is 0.102. The number of benzene rings is 2. The van der Waals surface area contributed by atoms with E-state index in [9.17, 15) is 4.79 Å². The molecule has 0 aliphatic carbocycles. The monoisotopic (exact) mass is 435 g/mol. The van der Waals surface area contributed by atoms with Crippen LogP contribution in [0.2, 0.25) is 0 Å². The molecule has 0 atom stereocenters. The Kier molecular flexibility index (Phi) is 5.02.